The molecule has 2 rings (SSSR count). The van der Waals surface area contributed by atoms with E-state index in [4.69, 9.17) is 9.47 Å². The lowest BCUT2D eigenvalue weighted by Gasteiger charge is -2.41. The molecule has 13 heavy (non-hydrogen) atoms. The average Bonchev–Trinajstić information content (AvgIpc) is 2.17. The van der Waals surface area contributed by atoms with Crippen molar-refractivity contribution in [2.24, 2.45) is 0 Å². The minimum absolute atomic E-state index is 0.0305. The molecule has 0 saturated carbocycles. The highest BCUT2D eigenvalue weighted by Gasteiger charge is 2.38. The summed E-state index contributed by atoms with van der Waals surface area (Å²) in [5, 5.41) is 9.70. The van der Waals surface area contributed by atoms with E-state index in [2.05, 4.69) is 6.92 Å². The van der Waals surface area contributed by atoms with Crippen molar-refractivity contribution in [3.8, 4) is 0 Å². The second kappa shape index (κ2) is 3.95. The third kappa shape index (κ3) is 1.87. The van der Waals surface area contributed by atoms with Crippen LogP contribution in [0, 0.1) is 0 Å². The fraction of sp³-hybridized carbons (Fsp3) is 1.00. The molecule has 2 saturated heterocycles. The van der Waals surface area contributed by atoms with Crippen LogP contribution in [0.15, 0.2) is 0 Å². The summed E-state index contributed by atoms with van der Waals surface area (Å²) in [6, 6.07) is 0. The van der Waals surface area contributed by atoms with Crippen molar-refractivity contribution in [3.63, 3.8) is 0 Å². The van der Waals surface area contributed by atoms with Gasteiger partial charge in [0, 0.05) is 13.0 Å². The van der Waals surface area contributed by atoms with Gasteiger partial charge in [-0.2, -0.15) is 0 Å². The Morgan fingerprint density at radius 1 is 1.38 bits per heavy atom. The minimum Gasteiger partial charge on any atom is -0.390 e. The number of fused-ring (bicyclic) bond motifs is 1. The van der Waals surface area contributed by atoms with Crippen molar-refractivity contribution in [2.45, 2.75) is 57.0 Å². The zero-order valence-electron chi connectivity index (χ0n) is 8.11. The summed E-state index contributed by atoms with van der Waals surface area (Å²) in [5.41, 5.74) is 0. The molecule has 0 spiro atoms. The maximum absolute atomic E-state index is 9.70. The Kier molecular flexibility index (Phi) is 2.86. The van der Waals surface area contributed by atoms with E-state index in [-0.39, 0.29) is 24.4 Å². The first-order valence-electron chi connectivity index (χ1n) is 5.26. The second-order valence-corrected chi connectivity index (χ2v) is 3.98. The van der Waals surface area contributed by atoms with E-state index in [1.165, 1.54) is 0 Å². The maximum atomic E-state index is 9.70. The van der Waals surface area contributed by atoms with Crippen molar-refractivity contribution in [1.82, 2.24) is 0 Å². The van der Waals surface area contributed by atoms with E-state index < -0.39 is 0 Å². The first kappa shape index (κ1) is 9.44. The Morgan fingerprint density at radius 2 is 2.23 bits per heavy atom. The molecule has 0 aromatic carbocycles. The molecule has 0 bridgehead atoms. The van der Waals surface area contributed by atoms with Crippen LogP contribution in [0.4, 0.5) is 0 Å². The molecule has 3 heteroatoms. The highest BCUT2D eigenvalue weighted by atomic mass is 16.6. The molecule has 0 aliphatic carbocycles. The molecule has 76 valence electrons. The molecule has 4 unspecified atom stereocenters. The summed E-state index contributed by atoms with van der Waals surface area (Å²) in [5.74, 6) is 0. The van der Waals surface area contributed by atoms with E-state index in [0.29, 0.717) is 0 Å². The summed E-state index contributed by atoms with van der Waals surface area (Å²) < 4.78 is 11.3. The largest absolute Gasteiger partial charge is 0.390 e. The number of hydrogen-bond donors (Lipinski definition) is 1. The molecule has 2 heterocycles. The fourth-order valence-electron chi connectivity index (χ4n) is 2.26. The molecule has 3 nitrogen and oxygen atoms in total. The van der Waals surface area contributed by atoms with Crippen LogP contribution >= 0.6 is 0 Å². The summed E-state index contributed by atoms with van der Waals surface area (Å²) in [4.78, 5) is 0. The average molecular weight is 186 g/mol. The summed E-state index contributed by atoms with van der Waals surface area (Å²) in [7, 11) is 0. The normalized spacial score (nSPS) is 45.7. The van der Waals surface area contributed by atoms with Crippen LogP contribution in [0.2, 0.25) is 0 Å². The molecule has 2 aliphatic heterocycles. The van der Waals surface area contributed by atoms with Gasteiger partial charge in [-0.3, -0.25) is 0 Å². The van der Waals surface area contributed by atoms with Gasteiger partial charge in [0.05, 0.1) is 24.4 Å². The number of aliphatic hydroxyl groups excluding tert-OH is 1. The number of aliphatic hydroxyl groups is 1. The monoisotopic (exact) mass is 186 g/mol. The predicted octanol–water partition coefficient (Wildman–Crippen LogP) is 1.09. The Labute approximate surface area is 79.0 Å². The molecule has 2 aliphatic rings. The van der Waals surface area contributed by atoms with Gasteiger partial charge in [0.2, 0.25) is 0 Å². The summed E-state index contributed by atoms with van der Waals surface area (Å²) in [6.45, 7) is 2.88. The summed E-state index contributed by atoms with van der Waals surface area (Å²) in [6.07, 6.45) is 3.91. The van der Waals surface area contributed by atoms with Gasteiger partial charge in [-0.05, 0) is 19.3 Å². The van der Waals surface area contributed by atoms with Crippen molar-refractivity contribution < 1.29 is 14.6 Å². The first-order chi connectivity index (χ1) is 6.31. The highest BCUT2D eigenvalue weighted by Crippen LogP contribution is 2.29. The maximum Gasteiger partial charge on any atom is 0.0862 e. The Balaban J connectivity index is 1.97. The Hall–Kier alpha value is -0.120. The second-order valence-electron chi connectivity index (χ2n) is 3.98. The standard InChI is InChI=1S/C10H18O3/c1-2-8-7(11)6-10-9(13-8)4-3-5-12-10/h7-11H,2-6H2,1H3. The van der Waals surface area contributed by atoms with Crippen LogP contribution in [0.25, 0.3) is 0 Å². The lowest BCUT2D eigenvalue weighted by Crippen LogP contribution is -2.49. The lowest BCUT2D eigenvalue weighted by molar-refractivity contribution is -0.201. The van der Waals surface area contributed by atoms with E-state index in [1.807, 2.05) is 0 Å². The van der Waals surface area contributed by atoms with Gasteiger partial charge in [-0.25, -0.2) is 0 Å². The van der Waals surface area contributed by atoms with Crippen molar-refractivity contribution >= 4 is 0 Å². The molecule has 0 aromatic heterocycles. The minimum atomic E-state index is -0.329. The van der Waals surface area contributed by atoms with E-state index in [1.54, 1.807) is 0 Å². The zero-order chi connectivity index (χ0) is 9.26. The van der Waals surface area contributed by atoms with Gasteiger partial charge >= 0.3 is 0 Å². The molecule has 4 atom stereocenters. The lowest BCUT2D eigenvalue weighted by atomic mass is 9.93. The first-order valence-corrected chi connectivity index (χ1v) is 5.26. The molecular weight excluding hydrogens is 168 g/mol. The van der Waals surface area contributed by atoms with Crippen molar-refractivity contribution in [2.75, 3.05) is 6.61 Å². The van der Waals surface area contributed by atoms with Gasteiger partial charge < -0.3 is 14.6 Å². The Morgan fingerprint density at radius 3 is 3.00 bits per heavy atom. The quantitative estimate of drug-likeness (QED) is 0.666. The molecule has 0 aromatic rings. The molecule has 1 N–H and O–H groups in total. The van der Waals surface area contributed by atoms with E-state index in [0.717, 1.165) is 32.3 Å². The topological polar surface area (TPSA) is 38.7 Å². The number of ether oxygens (including phenoxy) is 2. The predicted molar refractivity (Wildman–Crippen MR) is 48.5 cm³/mol. The molecule has 0 radical (unpaired) electrons. The SMILES string of the molecule is CCC1OC2CCCOC2CC1O. The van der Waals surface area contributed by atoms with Gasteiger partial charge in [-0.15, -0.1) is 0 Å². The van der Waals surface area contributed by atoms with E-state index in [9.17, 15) is 5.11 Å². The molecular formula is C10H18O3. The van der Waals surface area contributed by atoms with E-state index >= 15 is 0 Å². The van der Waals surface area contributed by atoms with Crippen LogP contribution in [0.5, 0.6) is 0 Å². The molecule has 2 fully saturated rings. The van der Waals surface area contributed by atoms with Crippen LogP contribution in [0.3, 0.4) is 0 Å². The molecule has 0 amide bonds. The van der Waals surface area contributed by atoms with Crippen LogP contribution < -0.4 is 0 Å². The number of hydrogen-bond acceptors (Lipinski definition) is 3. The van der Waals surface area contributed by atoms with Crippen molar-refractivity contribution in [3.05, 3.63) is 0 Å². The fourth-order valence-corrected chi connectivity index (χ4v) is 2.26. The van der Waals surface area contributed by atoms with Crippen LogP contribution in [-0.2, 0) is 9.47 Å². The van der Waals surface area contributed by atoms with Gasteiger partial charge in [0.25, 0.3) is 0 Å². The third-order valence-corrected chi connectivity index (χ3v) is 3.03. The van der Waals surface area contributed by atoms with Gasteiger partial charge in [-0.1, -0.05) is 6.92 Å². The van der Waals surface area contributed by atoms with Gasteiger partial charge in [0.1, 0.15) is 0 Å². The smallest absolute Gasteiger partial charge is 0.0862 e. The third-order valence-electron chi connectivity index (χ3n) is 3.03. The van der Waals surface area contributed by atoms with Crippen LogP contribution in [-0.4, -0.2) is 36.1 Å². The van der Waals surface area contributed by atoms with Crippen molar-refractivity contribution in [1.29, 1.82) is 0 Å². The Bertz CT molecular complexity index is 172. The highest BCUT2D eigenvalue weighted by molar-refractivity contribution is 4.86. The number of rotatable bonds is 1. The van der Waals surface area contributed by atoms with Crippen LogP contribution in [0.1, 0.15) is 32.6 Å². The van der Waals surface area contributed by atoms with Gasteiger partial charge in [0.15, 0.2) is 0 Å². The summed E-state index contributed by atoms with van der Waals surface area (Å²) >= 11 is 0. The zero-order valence-corrected chi connectivity index (χ0v) is 8.11.